The maximum atomic E-state index is 12.6. The highest BCUT2D eigenvalue weighted by Gasteiger charge is 2.29. The number of rotatable bonds is 7. The molecule has 0 spiro atoms. The Morgan fingerprint density at radius 2 is 1.94 bits per heavy atom. The van der Waals surface area contributed by atoms with Gasteiger partial charge >= 0.3 is 0 Å². The molecule has 4 rings (SSSR count). The normalized spacial score (nSPS) is 15.2. The van der Waals surface area contributed by atoms with E-state index in [9.17, 15) is 4.79 Å². The summed E-state index contributed by atoms with van der Waals surface area (Å²) in [6.07, 6.45) is 4.85. The van der Waals surface area contributed by atoms with Crippen LogP contribution in [-0.4, -0.2) is 38.6 Å². The fourth-order valence-corrected chi connectivity index (χ4v) is 4.65. The molecule has 2 heterocycles. The van der Waals surface area contributed by atoms with Crippen molar-refractivity contribution in [2.75, 3.05) is 13.7 Å². The van der Waals surface area contributed by atoms with Gasteiger partial charge < -0.3 is 4.74 Å². The van der Waals surface area contributed by atoms with Gasteiger partial charge in [-0.25, -0.2) is 4.68 Å². The Morgan fingerprint density at radius 3 is 2.58 bits per heavy atom. The van der Waals surface area contributed by atoms with Crippen LogP contribution in [0.4, 0.5) is 0 Å². The summed E-state index contributed by atoms with van der Waals surface area (Å²) in [6.45, 7) is 7.13. The van der Waals surface area contributed by atoms with Crippen molar-refractivity contribution in [1.82, 2.24) is 14.7 Å². The van der Waals surface area contributed by atoms with Gasteiger partial charge in [-0.05, 0) is 61.2 Å². The quantitative estimate of drug-likeness (QED) is 0.304. The van der Waals surface area contributed by atoms with Crippen LogP contribution in [-0.2, 0) is 4.79 Å². The number of para-hydroxylation sites is 1. The van der Waals surface area contributed by atoms with Gasteiger partial charge in [0.2, 0.25) is 0 Å². The molecule has 5 nitrogen and oxygen atoms in total. The number of benzene rings is 2. The van der Waals surface area contributed by atoms with Gasteiger partial charge in [0.05, 0.1) is 17.2 Å². The molecule has 0 unspecified atom stereocenters. The first-order valence-corrected chi connectivity index (χ1v) is 12.2. The zero-order valence-corrected chi connectivity index (χ0v) is 20.9. The minimum atomic E-state index is -0.0894. The first-order chi connectivity index (χ1) is 15.8. The lowest BCUT2D eigenvalue weighted by Crippen LogP contribution is -2.22. The molecule has 33 heavy (non-hydrogen) atoms. The fourth-order valence-electron chi connectivity index (χ4n) is 3.48. The number of amides is 1. The predicted molar refractivity (Wildman–Crippen MR) is 140 cm³/mol. The molecule has 1 saturated heterocycles. The Hall–Kier alpha value is -2.90. The first-order valence-electron chi connectivity index (χ1n) is 10.9. The number of carbonyl (C=O) groups excluding carboxylic acids is 1. The summed E-state index contributed by atoms with van der Waals surface area (Å²) in [4.78, 5) is 14.7. The van der Waals surface area contributed by atoms with Crippen LogP contribution in [0, 0.1) is 12.8 Å². The number of likely N-dealkylation sites (N-methyl/N-ethyl adjacent to an activating group) is 1. The molecule has 1 aliphatic heterocycles. The van der Waals surface area contributed by atoms with Crippen molar-refractivity contribution in [3.05, 3.63) is 70.8 Å². The van der Waals surface area contributed by atoms with Crippen LogP contribution >= 0.6 is 24.0 Å². The number of ether oxygens (including phenoxy) is 1. The van der Waals surface area contributed by atoms with Crippen molar-refractivity contribution < 1.29 is 9.53 Å². The van der Waals surface area contributed by atoms with E-state index >= 15 is 0 Å². The number of hydrogen-bond donors (Lipinski definition) is 0. The number of aryl methyl sites for hydroxylation is 1. The van der Waals surface area contributed by atoms with Crippen LogP contribution in [0.15, 0.2) is 59.6 Å². The zero-order valence-electron chi connectivity index (χ0n) is 19.2. The molecule has 1 aliphatic rings. The smallest absolute Gasteiger partial charge is 0.265 e. The summed E-state index contributed by atoms with van der Waals surface area (Å²) in [5.41, 5.74) is 4.64. The van der Waals surface area contributed by atoms with E-state index in [1.165, 1.54) is 16.7 Å². The third kappa shape index (κ3) is 5.20. The van der Waals surface area contributed by atoms with Gasteiger partial charge in [-0.3, -0.25) is 9.69 Å². The molecule has 3 aromatic rings. The Balaban J connectivity index is 1.72. The summed E-state index contributed by atoms with van der Waals surface area (Å²) in [6, 6.07) is 16.1. The largest absolute Gasteiger partial charge is 0.493 e. The van der Waals surface area contributed by atoms with Crippen molar-refractivity contribution in [2.45, 2.75) is 27.2 Å². The average Bonchev–Trinajstić information content (AvgIpc) is 3.32. The second-order valence-electron chi connectivity index (χ2n) is 8.47. The Morgan fingerprint density at radius 1 is 1.18 bits per heavy atom. The number of thiocarbonyl (C=S) groups is 1. The SMILES string of the molecule is Cc1cc(-c2nn(-c3ccccc3)cc2/C=C2\SC(=S)N(C)C2=O)ccc1OCCC(C)C. The van der Waals surface area contributed by atoms with Gasteiger partial charge in [-0.15, -0.1) is 0 Å². The average molecular weight is 478 g/mol. The monoisotopic (exact) mass is 477 g/mol. The molecule has 0 radical (unpaired) electrons. The lowest BCUT2D eigenvalue weighted by atomic mass is 10.0. The van der Waals surface area contributed by atoms with E-state index in [0.717, 1.165) is 40.2 Å². The van der Waals surface area contributed by atoms with Gasteiger partial charge in [0.15, 0.2) is 0 Å². The first kappa shape index (κ1) is 23.3. The van der Waals surface area contributed by atoms with E-state index < -0.39 is 0 Å². The second-order valence-corrected chi connectivity index (χ2v) is 10.1. The van der Waals surface area contributed by atoms with E-state index in [1.807, 2.05) is 66.3 Å². The molecule has 7 heteroatoms. The van der Waals surface area contributed by atoms with Crippen LogP contribution < -0.4 is 4.74 Å². The lowest BCUT2D eigenvalue weighted by molar-refractivity contribution is -0.121. The summed E-state index contributed by atoms with van der Waals surface area (Å²) in [5, 5.41) is 4.88. The molecule has 1 amide bonds. The summed E-state index contributed by atoms with van der Waals surface area (Å²) in [5.74, 6) is 1.40. The number of hydrogen-bond acceptors (Lipinski definition) is 5. The van der Waals surface area contributed by atoms with E-state index in [4.69, 9.17) is 22.1 Å². The highest BCUT2D eigenvalue weighted by molar-refractivity contribution is 8.26. The Kier molecular flexibility index (Phi) is 7.00. The maximum Gasteiger partial charge on any atom is 0.265 e. The van der Waals surface area contributed by atoms with Gasteiger partial charge in [-0.1, -0.05) is 56.0 Å². The van der Waals surface area contributed by atoms with Crippen molar-refractivity contribution in [2.24, 2.45) is 5.92 Å². The lowest BCUT2D eigenvalue weighted by Gasteiger charge is -2.11. The second kappa shape index (κ2) is 9.93. The topological polar surface area (TPSA) is 47.4 Å². The van der Waals surface area contributed by atoms with E-state index in [-0.39, 0.29) is 5.91 Å². The van der Waals surface area contributed by atoms with Crippen molar-refractivity contribution in [3.8, 4) is 22.7 Å². The zero-order chi connectivity index (χ0) is 23.5. The van der Waals surface area contributed by atoms with E-state index in [2.05, 4.69) is 19.9 Å². The van der Waals surface area contributed by atoms with Gasteiger partial charge in [0.1, 0.15) is 15.8 Å². The minimum Gasteiger partial charge on any atom is -0.493 e. The van der Waals surface area contributed by atoms with Crippen molar-refractivity contribution in [3.63, 3.8) is 0 Å². The number of thioether (sulfide) groups is 1. The van der Waals surface area contributed by atoms with Crippen LogP contribution in [0.1, 0.15) is 31.4 Å². The maximum absolute atomic E-state index is 12.6. The Labute approximate surface area is 204 Å². The molecule has 0 aliphatic carbocycles. The molecule has 0 atom stereocenters. The molecule has 2 aromatic carbocycles. The highest BCUT2D eigenvalue weighted by Crippen LogP contribution is 2.35. The molecular formula is C26H27N3O2S2. The minimum absolute atomic E-state index is 0.0894. The molecule has 0 bridgehead atoms. The summed E-state index contributed by atoms with van der Waals surface area (Å²) < 4.78 is 8.38. The standard InChI is InChI=1S/C26H27N3O2S2/c1-17(2)12-13-31-22-11-10-19(14-18(22)3)24-20(15-23-25(30)28(4)26(32)33-23)16-29(27-24)21-8-6-5-7-9-21/h5-11,14-17H,12-13H2,1-4H3/b23-15-. The van der Waals surface area contributed by atoms with Crippen LogP contribution in [0.5, 0.6) is 5.75 Å². The van der Waals surface area contributed by atoms with Crippen LogP contribution in [0.3, 0.4) is 0 Å². The third-order valence-corrected chi connectivity index (χ3v) is 6.92. The van der Waals surface area contributed by atoms with Crippen LogP contribution in [0.2, 0.25) is 0 Å². The van der Waals surface area contributed by atoms with Gasteiger partial charge in [-0.2, -0.15) is 5.10 Å². The molecule has 170 valence electrons. The summed E-state index contributed by atoms with van der Waals surface area (Å²) in [7, 11) is 1.70. The molecule has 1 fully saturated rings. The van der Waals surface area contributed by atoms with E-state index in [0.29, 0.717) is 21.8 Å². The fraction of sp³-hybridized carbons (Fsp3) is 0.269. The Bertz CT molecular complexity index is 1220. The van der Waals surface area contributed by atoms with Crippen molar-refractivity contribution >= 4 is 40.3 Å². The van der Waals surface area contributed by atoms with Gasteiger partial charge in [0, 0.05) is 24.4 Å². The predicted octanol–water partition coefficient (Wildman–Crippen LogP) is 6.10. The number of aromatic nitrogens is 2. The molecular weight excluding hydrogens is 450 g/mol. The number of nitrogens with zero attached hydrogens (tertiary/aromatic N) is 3. The van der Waals surface area contributed by atoms with Gasteiger partial charge in [0.25, 0.3) is 5.91 Å². The van der Waals surface area contributed by atoms with Crippen molar-refractivity contribution in [1.29, 1.82) is 0 Å². The number of carbonyl (C=O) groups is 1. The third-order valence-electron chi connectivity index (χ3n) is 5.44. The highest BCUT2D eigenvalue weighted by atomic mass is 32.2. The molecule has 0 saturated carbocycles. The summed E-state index contributed by atoms with van der Waals surface area (Å²) >= 11 is 6.61. The van der Waals surface area contributed by atoms with E-state index in [1.54, 1.807) is 7.05 Å². The molecule has 1 aromatic heterocycles. The van der Waals surface area contributed by atoms with Crippen LogP contribution in [0.25, 0.3) is 23.0 Å². The molecule has 0 N–H and O–H groups in total.